The van der Waals surface area contributed by atoms with Gasteiger partial charge in [-0.25, -0.2) is 0 Å². The van der Waals surface area contributed by atoms with Crippen LogP contribution in [0.2, 0.25) is 0 Å². The van der Waals surface area contributed by atoms with Gasteiger partial charge in [-0.1, -0.05) is 26.7 Å². The van der Waals surface area contributed by atoms with Crippen molar-refractivity contribution in [1.29, 1.82) is 0 Å². The van der Waals surface area contributed by atoms with Gasteiger partial charge in [0, 0.05) is 11.3 Å². The maximum Gasteiger partial charge on any atom is 0.255 e. The molecule has 0 saturated carbocycles. The number of amides is 1. The highest BCUT2D eigenvalue weighted by molar-refractivity contribution is 6.04. The van der Waals surface area contributed by atoms with E-state index in [-0.39, 0.29) is 5.91 Å². The van der Waals surface area contributed by atoms with E-state index in [4.69, 9.17) is 9.47 Å². The van der Waals surface area contributed by atoms with Crippen LogP contribution in [0.5, 0.6) is 11.5 Å². The van der Waals surface area contributed by atoms with Crippen molar-refractivity contribution >= 4 is 11.6 Å². The largest absolute Gasteiger partial charge is 0.494 e. The number of unbranched alkanes of at least 4 members (excludes halogenated alkanes) is 2. The molecule has 4 nitrogen and oxygen atoms in total. The van der Waals surface area contributed by atoms with Gasteiger partial charge in [0.1, 0.15) is 11.5 Å². The second-order valence-electron chi connectivity index (χ2n) is 6.82. The molecular weight excluding hydrogens is 338 g/mol. The summed E-state index contributed by atoms with van der Waals surface area (Å²) in [7, 11) is 0. The van der Waals surface area contributed by atoms with Crippen LogP contribution < -0.4 is 14.8 Å². The molecule has 2 aromatic carbocycles. The van der Waals surface area contributed by atoms with Gasteiger partial charge < -0.3 is 14.8 Å². The number of anilines is 1. The summed E-state index contributed by atoms with van der Waals surface area (Å²) in [6, 6.07) is 11.2. The first-order valence-electron chi connectivity index (χ1n) is 9.83. The average molecular weight is 370 g/mol. The first-order chi connectivity index (χ1) is 13.0. The molecule has 27 heavy (non-hydrogen) atoms. The van der Waals surface area contributed by atoms with Gasteiger partial charge in [-0.2, -0.15) is 0 Å². The second kappa shape index (κ2) is 10.6. The van der Waals surface area contributed by atoms with E-state index in [0.717, 1.165) is 54.0 Å². The topological polar surface area (TPSA) is 47.6 Å². The van der Waals surface area contributed by atoms with Crippen molar-refractivity contribution in [2.24, 2.45) is 0 Å². The van der Waals surface area contributed by atoms with Gasteiger partial charge in [-0.3, -0.25) is 4.79 Å². The van der Waals surface area contributed by atoms with Crippen LogP contribution in [0.25, 0.3) is 0 Å². The van der Waals surface area contributed by atoms with E-state index in [9.17, 15) is 4.79 Å². The maximum absolute atomic E-state index is 12.6. The molecule has 0 radical (unpaired) electrons. The number of hydrogen-bond donors (Lipinski definition) is 1. The molecule has 0 spiro atoms. The molecular formula is C23H31NO3. The van der Waals surface area contributed by atoms with Crippen LogP contribution in [-0.4, -0.2) is 19.1 Å². The van der Waals surface area contributed by atoms with Crippen molar-refractivity contribution in [3.63, 3.8) is 0 Å². The standard InChI is InChI=1S/C23H31NO3/c1-5-7-13-26-21-11-9-20(10-12-21)24-23(25)19-15-17(3)22(18(4)16-19)27-14-8-6-2/h9-12,15-16H,5-8,13-14H2,1-4H3,(H,24,25). The van der Waals surface area contributed by atoms with Gasteiger partial charge in [0.25, 0.3) is 5.91 Å². The zero-order valence-electron chi connectivity index (χ0n) is 16.9. The summed E-state index contributed by atoms with van der Waals surface area (Å²) < 4.78 is 11.5. The van der Waals surface area contributed by atoms with E-state index in [1.807, 2.05) is 50.2 Å². The lowest BCUT2D eigenvalue weighted by atomic mass is 10.0. The summed E-state index contributed by atoms with van der Waals surface area (Å²) in [5.41, 5.74) is 3.35. The third kappa shape index (κ3) is 6.31. The second-order valence-corrected chi connectivity index (χ2v) is 6.82. The van der Waals surface area contributed by atoms with Gasteiger partial charge in [0.15, 0.2) is 0 Å². The van der Waals surface area contributed by atoms with Gasteiger partial charge >= 0.3 is 0 Å². The van der Waals surface area contributed by atoms with Crippen LogP contribution in [0.15, 0.2) is 36.4 Å². The Morgan fingerprint density at radius 3 is 2.00 bits per heavy atom. The van der Waals surface area contributed by atoms with Crippen LogP contribution in [0, 0.1) is 13.8 Å². The molecule has 0 heterocycles. The molecule has 0 aliphatic rings. The van der Waals surface area contributed by atoms with Crippen molar-refractivity contribution in [2.45, 2.75) is 53.4 Å². The van der Waals surface area contributed by atoms with Crippen molar-refractivity contribution in [3.8, 4) is 11.5 Å². The Morgan fingerprint density at radius 1 is 0.889 bits per heavy atom. The number of ether oxygens (including phenoxy) is 2. The van der Waals surface area contributed by atoms with Gasteiger partial charge in [-0.05, 0) is 74.2 Å². The Hall–Kier alpha value is -2.49. The molecule has 0 aliphatic heterocycles. The van der Waals surface area contributed by atoms with Crippen LogP contribution in [0.4, 0.5) is 5.69 Å². The third-order valence-corrected chi connectivity index (χ3v) is 4.35. The predicted molar refractivity (Wildman–Crippen MR) is 111 cm³/mol. The van der Waals surface area contributed by atoms with Crippen molar-refractivity contribution < 1.29 is 14.3 Å². The first kappa shape index (κ1) is 20.8. The van der Waals surface area contributed by atoms with Crippen LogP contribution in [-0.2, 0) is 0 Å². The number of nitrogens with one attached hydrogen (secondary N) is 1. The van der Waals surface area contributed by atoms with E-state index in [1.165, 1.54) is 0 Å². The van der Waals surface area contributed by atoms with Gasteiger partial charge in [0.05, 0.1) is 13.2 Å². The highest BCUT2D eigenvalue weighted by Gasteiger charge is 2.12. The molecule has 0 atom stereocenters. The van der Waals surface area contributed by atoms with Crippen molar-refractivity contribution in [1.82, 2.24) is 0 Å². The zero-order chi connectivity index (χ0) is 19.6. The Balaban J connectivity index is 2.01. The summed E-state index contributed by atoms with van der Waals surface area (Å²) in [5.74, 6) is 1.58. The normalized spacial score (nSPS) is 10.5. The molecule has 0 unspecified atom stereocenters. The molecule has 1 N–H and O–H groups in total. The Bertz CT molecular complexity index is 715. The summed E-state index contributed by atoms with van der Waals surface area (Å²) in [5, 5.41) is 2.94. The summed E-state index contributed by atoms with van der Waals surface area (Å²) >= 11 is 0. The summed E-state index contributed by atoms with van der Waals surface area (Å²) in [4.78, 5) is 12.6. The number of aryl methyl sites for hydroxylation is 2. The summed E-state index contributed by atoms with van der Waals surface area (Å²) in [6.45, 7) is 9.65. The predicted octanol–water partition coefficient (Wildman–Crippen LogP) is 5.91. The first-order valence-corrected chi connectivity index (χ1v) is 9.83. The average Bonchev–Trinajstić information content (AvgIpc) is 2.65. The minimum atomic E-state index is -0.124. The Morgan fingerprint density at radius 2 is 1.44 bits per heavy atom. The quantitative estimate of drug-likeness (QED) is 0.529. The van der Waals surface area contributed by atoms with E-state index in [2.05, 4.69) is 19.2 Å². The number of carbonyl (C=O) groups is 1. The van der Waals surface area contributed by atoms with E-state index in [1.54, 1.807) is 0 Å². The molecule has 2 aromatic rings. The molecule has 0 aliphatic carbocycles. The Labute approximate surface area is 162 Å². The minimum absolute atomic E-state index is 0.124. The SMILES string of the molecule is CCCCOc1ccc(NC(=O)c2cc(C)c(OCCCC)c(C)c2)cc1. The molecule has 4 heteroatoms. The molecule has 0 fully saturated rings. The molecule has 0 aromatic heterocycles. The molecule has 0 bridgehead atoms. The van der Waals surface area contributed by atoms with E-state index < -0.39 is 0 Å². The number of benzene rings is 2. The fourth-order valence-corrected chi connectivity index (χ4v) is 2.80. The lowest BCUT2D eigenvalue weighted by Crippen LogP contribution is -2.13. The number of carbonyl (C=O) groups excluding carboxylic acids is 1. The fourth-order valence-electron chi connectivity index (χ4n) is 2.80. The zero-order valence-corrected chi connectivity index (χ0v) is 16.9. The van der Waals surface area contributed by atoms with Crippen LogP contribution in [0.3, 0.4) is 0 Å². The fraction of sp³-hybridized carbons (Fsp3) is 0.435. The molecule has 2 rings (SSSR count). The molecule has 0 saturated heterocycles. The number of rotatable bonds is 10. The van der Waals surface area contributed by atoms with Gasteiger partial charge in [0.2, 0.25) is 0 Å². The van der Waals surface area contributed by atoms with Crippen LogP contribution >= 0.6 is 0 Å². The number of hydrogen-bond acceptors (Lipinski definition) is 3. The minimum Gasteiger partial charge on any atom is -0.494 e. The van der Waals surface area contributed by atoms with Gasteiger partial charge in [-0.15, -0.1) is 0 Å². The highest BCUT2D eigenvalue weighted by Crippen LogP contribution is 2.26. The molecule has 1 amide bonds. The van der Waals surface area contributed by atoms with Crippen LogP contribution in [0.1, 0.15) is 61.0 Å². The van der Waals surface area contributed by atoms with Crippen molar-refractivity contribution in [3.05, 3.63) is 53.1 Å². The maximum atomic E-state index is 12.6. The lowest BCUT2D eigenvalue weighted by molar-refractivity contribution is 0.102. The Kier molecular flexibility index (Phi) is 8.18. The molecule has 146 valence electrons. The highest BCUT2D eigenvalue weighted by atomic mass is 16.5. The van der Waals surface area contributed by atoms with Crippen molar-refractivity contribution in [2.75, 3.05) is 18.5 Å². The van der Waals surface area contributed by atoms with E-state index in [0.29, 0.717) is 18.8 Å². The smallest absolute Gasteiger partial charge is 0.255 e. The lowest BCUT2D eigenvalue weighted by Gasteiger charge is -2.14. The third-order valence-electron chi connectivity index (χ3n) is 4.35. The van der Waals surface area contributed by atoms with E-state index >= 15 is 0 Å². The monoisotopic (exact) mass is 369 g/mol. The summed E-state index contributed by atoms with van der Waals surface area (Å²) in [6.07, 6.45) is 4.27.